The van der Waals surface area contributed by atoms with Crippen LogP contribution < -0.4 is 5.32 Å². The van der Waals surface area contributed by atoms with Crippen LogP contribution in [0.25, 0.3) is 10.2 Å². The van der Waals surface area contributed by atoms with Crippen LogP contribution in [0.4, 0.5) is 5.82 Å². The number of aliphatic hydroxyl groups is 1. The van der Waals surface area contributed by atoms with Crippen LogP contribution in [0.5, 0.6) is 0 Å². The van der Waals surface area contributed by atoms with Crippen molar-refractivity contribution >= 4 is 39.0 Å². The van der Waals surface area contributed by atoms with Crippen LogP contribution in [0.1, 0.15) is 16.5 Å². The Kier molecular flexibility index (Phi) is 4.05. The average molecular weight is 320 g/mol. The number of benzene rings is 1. The molecule has 0 aliphatic carbocycles. The molecule has 2 heterocycles. The van der Waals surface area contributed by atoms with Crippen LogP contribution >= 0.6 is 22.9 Å². The number of thiophene rings is 1. The summed E-state index contributed by atoms with van der Waals surface area (Å²) in [7, 11) is 0. The minimum Gasteiger partial charge on any atom is -0.387 e. The van der Waals surface area contributed by atoms with Gasteiger partial charge in [0.15, 0.2) is 0 Å². The van der Waals surface area contributed by atoms with Gasteiger partial charge in [-0.15, -0.1) is 11.3 Å². The van der Waals surface area contributed by atoms with Gasteiger partial charge in [-0.1, -0.05) is 23.7 Å². The van der Waals surface area contributed by atoms with Crippen LogP contribution in [0, 0.1) is 6.92 Å². The second-order valence-electron chi connectivity index (χ2n) is 4.75. The molecule has 0 amide bonds. The second-order valence-corrected chi connectivity index (χ2v) is 6.42. The van der Waals surface area contributed by atoms with Crippen LogP contribution in [0.2, 0.25) is 5.02 Å². The minimum absolute atomic E-state index is 0.378. The molecule has 1 aromatic carbocycles. The topological polar surface area (TPSA) is 58.0 Å². The Balaban J connectivity index is 1.75. The predicted molar refractivity (Wildman–Crippen MR) is 87.1 cm³/mol. The summed E-state index contributed by atoms with van der Waals surface area (Å²) in [6.07, 6.45) is 0.918. The highest BCUT2D eigenvalue weighted by molar-refractivity contribution is 7.18. The van der Waals surface area contributed by atoms with E-state index in [0.717, 1.165) is 21.6 Å². The summed E-state index contributed by atoms with van der Waals surface area (Å²) < 4.78 is 0. The minimum atomic E-state index is -0.619. The first-order valence-corrected chi connectivity index (χ1v) is 7.71. The zero-order chi connectivity index (χ0) is 14.8. The van der Waals surface area contributed by atoms with Gasteiger partial charge in [0, 0.05) is 16.4 Å². The molecule has 1 atom stereocenters. The molecular weight excluding hydrogens is 306 g/mol. The Morgan fingerprint density at radius 3 is 2.81 bits per heavy atom. The number of hydrogen-bond acceptors (Lipinski definition) is 5. The molecule has 0 aliphatic rings. The van der Waals surface area contributed by atoms with Gasteiger partial charge in [0.05, 0.1) is 11.5 Å². The molecule has 6 heteroatoms. The van der Waals surface area contributed by atoms with E-state index in [0.29, 0.717) is 11.6 Å². The van der Waals surface area contributed by atoms with E-state index < -0.39 is 6.10 Å². The lowest BCUT2D eigenvalue weighted by Crippen LogP contribution is -2.13. The van der Waals surface area contributed by atoms with Crippen molar-refractivity contribution in [3.8, 4) is 0 Å². The first-order chi connectivity index (χ1) is 10.1. The van der Waals surface area contributed by atoms with Gasteiger partial charge in [0.2, 0.25) is 0 Å². The summed E-state index contributed by atoms with van der Waals surface area (Å²) >= 11 is 7.47. The number of rotatable bonds is 4. The molecule has 0 radical (unpaired) electrons. The maximum atomic E-state index is 10.2. The summed E-state index contributed by atoms with van der Waals surface area (Å²) in [4.78, 5) is 10.6. The van der Waals surface area contributed by atoms with E-state index in [1.807, 2.05) is 19.1 Å². The van der Waals surface area contributed by atoms with Crippen molar-refractivity contribution in [2.75, 3.05) is 11.9 Å². The van der Waals surface area contributed by atoms with Gasteiger partial charge in [0.1, 0.15) is 17.0 Å². The van der Waals surface area contributed by atoms with Crippen LogP contribution in [0.15, 0.2) is 36.7 Å². The van der Waals surface area contributed by atoms with Crippen molar-refractivity contribution in [1.29, 1.82) is 0 Å². The van der Waals surface area contributed by atoms with E-state index in [4.69, 9.17) is 11.6 Å². The first-order valence-electron chi connectivity index (χ1n) is 6.52. The number of aromatic nitrogens is 2. The van der Waals surface area contributed by atoms with Crippen molar-refractivity contribution < 1.29 is 5.11 Å². The standard InChI is InChI=1S/C15H14ClN3OS/c1-9-6-12-14(18-8-19-15(12)21-9)17-7-13(20)10-2-4-11(16)5-3-10/h2-6,8,13,20H,7H2,1H3,(H,17,18,19). The fourth-order valence-electron chi connectivity index (χ4n) is 2.11. The summed E-state index contributed by atoms with van der Waals surface area (Å²) in [6.45, 7) is 2.42. The molecule has 0 spiro atoms. The van der Waals surface area contributed by atoms with Gasteiger partial charge in [-0.3, -0.25) is 0 Å². The Labute approximate surface area is 131 Å². The molecule has 2 N–H and O–H groups in total. The summed E-state index contributed by atoms with van der Waals surface area (Å²) in [5, 5.41) is 15.0. The predicted octanol–water partition coefficient (Wildman–Crippen LogP) is 3.80. The van der Waals surface area contributed by atoms with Crippen molar-refractivity contribution in [3.05, 3.63) is 52.1 Å². The maximum Gasteiger partial charge on any atom is 0.138 e. The van der Waals surface area contributed by atoms with Crippen molar-refractivity contribution in [1.82, 2.24) is 9.97 Å². The van der Waals surface area contributed by atoms with Gasteiger partial charge in [-0.2, -0.15) is 0 Å². The number of hydrogen-bond donors (Lipinski definition) is 2. The molecule has 0 aliphatic heterocycles. The first kappa shape index (κ1) is 14.3. The molecule has 2 aromatic heterocycles. The van der Waals surface area contributed by atoms with Crippen LogP contribution in [0.3, 0.4) is 0 Å². The molecule has 0 bridgehead atoms. The SMILES string of the molecule is Cc1cc2c(NCC(O)c3ccc(Cl)cc3)ncnc2s1. The Morgan fingerprint density at radius 1 is 1.29 bits per heavy atom. The molecule has 3 aromatic rings. The smallest absolute Gasteiger partial charge is 0.138 e. The largest absolute Gasteiger partial charge is 0.387 e. The number of fused-ring (bicyclic) bond motifs is 1. The number of nitrogens with zero attached hydrogens (tertiary/aromatic N) is 2. The van der Waals surface area contributed by atoms with Crippen molar-refractivity contribution in [2.45, 2.75) is 13.0 Å². The summed E-state index contributed by atoms with van der Waals surface area (Å²) in [5.41, 5.74) is 0.818. The number of aryl methyl sites for hydroxylation is 1. The quantitative estimate of drug-likeness (QED) is 0.768. The van der Waals surface area contributed by atoms with Crippen molar-refractivity contribution in [3.63, 3.8) is 0 Å². The fourth-order valence-corrected chi connectivity index (χ4v) is 3.09. The Bertz CT molecular complexity index is 757. The third-order valence-corrected chi connectivity index (χ3v) is 4.38. The van der Waals surface area contributed by atoms with Gasteiger partial charge in [0.25, 0.3) is 0 Å². The zero-order valence-corrected chi connectivity index (χ0v) is 12.9. The highest BCUT2D eigenvalue weighted by atomic mass is 35.5. The normalized spacial score (nSPS) is 12.5. The molecule has 0 saturated carbocycles. The lowest BCUT2D eigenvalue weighted by molar-refractivity contribution is 0.191. The third-order valence-electron chi connectivity index (χ3n) is 3.17. The molecule has 108 valence electrons. The van der Waals surface area contributed by atoms with E-state index in [9.17, 15) is 5.11 Å². The summed E-state index contributed by atoms with van der Waals surface area (Å²) in [6, 6.07) is 9.23. The zero-order valence-electron chi connectivity index (χ0n) is 11.4. The Morgan fingerprint density at radius 2 is 2.05 bits per heavy atom. The second kappa shape index (κ2) is 5.97. The van der Waals surface area contributed by atoms with Crippen LogP contribution in [-0.4, -0.2) is 21.6 Å². The van der Waals surface area contributed by atoms with Gasteiger partial charge in [-0.25, -0.2) is 9.97 Å². The van der Waals surface area contributed by atoms with Gasteiger partial charge < -0.3 is 10.4 Å². The lowest BCUT2D eigenvalue weighted by Gasteiger charge is -2.13. The molecule has 0 fully saturated rings. The fraction of sp³-hybridized carbons (Fsp3) is 0.200. The lowest BCUT2D eigenvalue weighted by atomic mass is 10.1. The van der Waals surface area contributed by atoms with E-state index >= 15 is 0 Å². The highest BCUT2D eigenvalue weighted by Gasteiger charge is 2.10. The molecule has 4 nitrogen and oxygen atoms in total. The number of aliphatic hydroxyl groups excluding tert-OH is 1. The molecule has 3 rings (SSSR count). The van der Waals surface area contributed by atoms with E-state index in [-0.39, 0.29) is 0 Å². The monoisotopic (exact) mass is 319 g/mol. The number of anilines is 1. The molecular formula is C15H14ClN3OS. The van der Waals surface area contributed by atoms with Crippen molar-refractivity contribution in [2.24, 2.45) is 0 Å². The Hall–Kier alpha value is -1.69. The number of halogens is 1. The molecule has 0 saturated heterocycles. The summed E-state index contributed by atoms with van der Waals surface area (Å²) in [5.74, 6) is 0.748. The highest BCUT2D eigenvalue weighted by Crippen LogP contribution is 2.27. The molecule has 21 heavy (non-hydrogen) atoms. The number of nitrogens with one attached hydrogen (secondary N) is 1. The van der Waals surface area contributed by atoms with E-state index in [2.05, 4.69) is 21.4 Å². The molecule has 1 unspecified atom stereocenters. The third kappa shape index (κ3) is 3.15. The van der Waals surface area contributed by atoms with Crippen LogP contribution in [-0.2, 0) is 0 Å². The maximum absolute atomic E-state index is 10.2. The van der Waals surface area contributed by atoms with E-state index in [1.165, 1.54) is 11.2 Å². The van der Waals surface area contributed by atoms with Gasteiger partial charge in [-0.05, 0) is 30.7 Å². The van der Waals surface area contributed by atoms with Gasteiger partial charge >= 0.3 is 0 Å². The van der Waals surface area contributed by atoms with E-state index in [1.54, 1.807) is 23.5 Å². The average Bonchev–Trinajstić information content (AvgIpc) is 2.86.